The van der Waals surface area contributed by atoms with Crippen LogP contribution in [0, 0.1) is 10.1 Å². The molecule has 0 saturated heterocycles. The van der Waals surface area contributed by atoms with Crippen molar-refractivity contribution in [3.8, 4) is 0 Å². The minimum Gasteiger partial charge on any atom is -0.316 e. The number of nitro benzene ring substituents is 1. The smallest absolute Gasteiger partial charge is 0.314 e. The van der Waals surface area contributed by atoms with Gasteiger partial charge in [-0.05, 0) is 13.5 Å². The first-order valence-corrected chi connectivity index (χ1v) is 8.88. The molecule has 12 heteroatoms. The molecule has 3 N–H and O–H groups in total. The van der Waals surface area contributed by atoms with Gasteiger partial charge < -0.3 is 14.9 Å². The molecule has 0 spiro atoms. The largest absolute Gasteiger partial charge is 0.316 e. The maximum Gasteiger partial charge on any atom is 0.314 e. The van der Waals surface area contributed by atoms with Crippen molar-refractivity contribution in [1.29, 1.82) is 0 Å². The lowest BCUT2D eigenvalue weighted by molar-refractivity contribution is -0.385. The number of rotatable bonds is 1. The topological polar surface area (TPSA) is 166 Å². The summed E-state index contributed by atoms with van der Waals surface area (Å²) in [7, 11) is -1.77. The van der Waals surface area contributed by atoms with Gasteiger partial charge in [-0.15, -0.1) is 0 Å². The number of H-pyrrole nitrogens is 2. The van der Waals surface area contributed by atoms with Crippen molar-refractivity contribution >= 4 is 26.8 Å². The van der Waals surface area contributed by atoms with Gasteiger partial charge in [-0.25, -0.2) is 0 Å². The van der Waals surface area contributed by atoms with Gasteiger partial charge in [-0.3, -0.25) is 24.3 Å². The summed E-state index contributed by atoms with van der Waals surface area (Å²) in [5.74, 6) is 0. The molecule has 136 valence electrons. The van der Waals surface area contributed by atoms with E-state index in [9.17, 15) is 28.1 Å². The van der Waals surface area contributed by atoms with E-state index in [4.69, 9.17) is 4.55 Å². The van der Waals surface area contributed by atoms with Gasteiger partial charge in [0, 0.05) is 30.3 Å². The molecule has 0 amide bonds. The Labute approximate surface area is 141 Å². The quantitative estimate of drug-likeness (QED) is 0.263. The van der Waals surface area contributed by atoms with Crippen LogP contribution in [0.25, 0.3) is 11.0 Å². The van der Waals surface area contributed by atoms with Gasteiger partial charge in [0.05, 0.1) is 22.2 Å². The monoisotopic (exact) mass is 372 g/mol. The van der Waals surface area contributed by atoms with E-state index < -0.39 is 26.2 Å². The zero-order valence-corrected chi connectivity index (χ0v) is 14.2. The average molecular weight is 372 g/mol. The number of hydrogen-bond donors (Lipinski definition) is 3. The molecule has 1 aliphatic rings. The molecule has 0 atom stereocenters. The Hall–Kier alpha value is -2.57. The number of nitrogens with one attached hydrogen (secondary N) is 2. The van der Waals surface area contributed by atoms with E-state index in [1.807, 2.05) is 11.9 Å². The maximum atomic E-state index is 11.5. The molecule has 0 fully saturated rings. The van der Waals surface area contributed by atoms with Crippen LogP contribution in [0.3, 0.4) is 0 Å². The SMILES string of the molecule is CN1CCc2c([N+](=O)[O-])cc3[nH]c(=O)c(=O)[nH]c3c2C1.CS(=O)(=O)O. The van der Waals surface area contributed by atoms with Crippen LogP contribution in [0.15, 0.2) is 15.7 Å². The van der Waals surface area contributed by atoms with Crippen molar-refractivity contribution in [2.75, 3.05) is 19.8 Å². The highest BCUT2D eigenvalue weighted by Gasteiger charge is 2.26. The van der Waals surface area contributed by atoms with Gasteiger partial charge in [0.25, 0.3) is 15.8 Å². The number of hydrogen-bond acceptors (Lipinski definition) is 7. The highest BCUT2D eigenvalue weighted by molar-refractivity contribution is 7.85. The Morgan fingerprint density at radius 3 is 2.36 bits per heavy atom. The normalized spacial score (nSPS) is 14.5. The summed E-state index contributed by atoms with van der Waals surface area (Å²) in [6.45, 7) is 1.21. The summed E-state index contributed by atoms with van der Waals surface area (Å²) in [6, 6.07) is 1.32. The van der Waals surface area contributed by atoms with Gasteiger partial charge >= 0.3 is 11.1 Å². The first-order valence-electron chi connectivity index (χ1n) is 7.04. The highest BCUT2D eigenvalue weighted by Crippen LogP contribution is 2.32. The Balaban J connectivity index is 0.000000399. The fraction of sp³-hybridized carbons (Fsp3) is 0.385. The van der Waals surface area contributed by atoms with Crippen LogP contribution in [0.5, 0.6) is 0 Å². The van der Waals surface area contributed by atoms with Crippen LogP contribution in [0.1, 0.15) is 11.1 Å². The van der Waals surface area contributed by atoms with E-state index in [1.54, 1.807) is 0 Å². The first kappa shape index (κ1) is 18.8. The van der Waals surface area contributed by atoms with Crippen LogP contribution in [-0.4, -0.2) is 52.6 Å². The van der Waals surface area contributed by atoms with Gasteiger partial charge in [-0.1, -0.05) is 0 Å². The molecule has 1 aliphatic heterocycles. The fourth-order valence-electron chi connectivity index (χ4n) is 2.62. The second-order valence-corrected chi connectivity index (χ2v) is 7.13. The summed E-state index contributed by atoms with van der Waals surface area (Å²) in [5.41, 5.74) is 0.526. The third-order valence-corrected chi connectivity index (χ3v) is 3.59. The molecule has 11 nitrogen and oxygen atoms in total. The summed E-state index contributed by atoms with van der Waals surface area (Å²) < 4.78 is 25.9. The van der Waals surface area contributed by atoms with Crippen molar-refractivity contribution in [1.82, 2.24) is 14.9 Å². The van der Waals surface area contributed by atoms with Crippen LogP contribution < -0.4 is 11.1 Å². The van der Waals surface area contributed by atoms with Gasteiger partial charge in [-0.2, -0.15) is 8.42 Å². The average Bonchev–Trinajstić information content (AvgIpc) is 2.46. The Bertz CT molecular complexity index is 1050. The second-order valence-electron chi connectivity index (χ2n) is 5.66. The molecule has 25 heavy (non-hydrogen) atoms. The third-order valence-electron chi connectivity index (χ3n) is 3.59. The fourth-order valence-corrected chi connectivity index (χ4v) is 2.62. The Morgan fingerprint density at radius 1 is 1.24 bits per heavy atom. The van der Waals surface area contributed by atoms with Crippen LogP contribution in [-0.2, 0) is 23.1 Å². The molecular weight excluding hydrogens is 356 g/mol. The molecule has 0 unspecified atom stereocenters. The Kier molecular flexibility index (Phi) is 5.06. The molecule has 2 heterocycles. The molecule has 1 aromatic heterocycles. The van der Waals surface area contributed by atoms with Crippen LogP contribution in [0.2, 0.25) is 0 Å². The predicted molar refractivity (Wildman–Crippen MR) is 89.4 cm³/mol. The number of fused-ring (bicyclic) bond motifs is 3. The number of nitro groups is 1. The molecule has 0 radical (unpaired) electrons. The maximum absolute atomic E-state index is 11.5. The van der Waals surface area contributed by atoms with Gasteiger partial charge in [0.15, 0.2) is 0 Å². The van der Waals surface area contributed by atoms with E-state index in [1.165, 1.54) is 6.07 Å². The third kappa shape index (κ3) is 4.49. The van der Waals surface area contributed by atoms with E-state index in [0.717, 1.165) is 0 Å². The lowest BCUT2D eigenvalue weighted by atomic mass is 9.96. The van der Waals surface area contributed by atoms with Crippen molar-refractivity contribution in [3.05, 3.63) is 48.0 Å². The van der Waals surface area contributed by atoms with E-state index in [2.05, 4.69) is 9.97 Å². The minimum absolute atomic E-state index is 0.0108. The van der Waals surface area contributed by atoms with E-state index >= 15 is 0 Å². The summed E-state index contributed by atoms with van der Waals surface area (Å²) in [6.07, 6.45) is 1.26. The molecular formula is C13H16N4O7S. The standard InChI is InChI=1S/C12H12N4O4.CH4O3S/c1-15-3-2-6-7(5-15)10-8(4-9(6)16(19)20)13-11(17)12(18)14-10;1-5(2,3)4/h4H,2-3,5H2,1H3,(H,13,17)(H,14,18);1H3,(H,2,3,4). The molecule has 1 aromatic carbocycles. The van der Waals surface area contributed by atoms with E-state index in [0.29, 0.717) is 42.4 Å². The molecule has 3 rings (SSSR count). The van der Waals surface area contributed by atoms with E-state index in [-0.39, 0.29) is 11.2 Å². The number of likely N-dealkylation sites (N-methyl/N-ethyl adjacent to an activating group) is 1. The zero-order chi connectivity index (χ0) is 18.9. The van der Waals surface area contributed by atoms with Crippen LogP contribution >= 0.6 is 0 Å². The highest BCUT2D eigenvalue weighted by atomic mass is 32.2. The lowest BCUT2D eigenvalue weighted by Gasteiger charge is -2.25. The van der Waals surface area contributed by atoms with Gasteiger partial charge in [0.2, 0.25) is 0 Å². The molecule has 2 aromatic rings. The van der Waals surface area contributed by atoms with Crippen molar-refractivity contribution in [2.45, 2.75) is 13.0 Å². The number of nitrogens with zero attached hydrogens (tertiary/aromatic N) is 2. The molecule has 0 bridgehead atoms. The number of aromatic nitrogens is 2. The van der Waals surface area contributed by atoms with Crippen molar-refractivity contribution in [2.24, 2.45) is 0 Å². The minimum atomic E-state index is -3.67. The van der Waals surface area contributed by atoms with Crippen molar-refractivity contribution < 1.29 is 17.9 Å². The van der Waals surface area contributed by atoms with Gasteiger partial charge in [0.1, 0.15) is 0 Å². The summed E-state index contributed by atoms with van der Waals surface area (Å²) >= 11 is 0. The summed E-state index contributed by atoms with van der Waals surface area (Å²) in [4.78, 5) is 40.5. The predicted octanol–water partition coefficient (Wildman–Crippen LogP) is -0.383. The molecule has 0 aliphatic carbocycles. The zero-order valence-electron chi connectivity index (χ0n) is 13.4. The molecule has 0 saturated carbocycles. The summed E-state index contributed by atoms with van der Waals surface area (Å²) in [5, 5.41) is 11.2. The Morgan fingerprint density at radius 2 is 1.80 bits per heavy atom. The number of aromatic amines is 2. The number of benzene rings is 1. The second kappa shape index (κ2) is 6.74. The van der Waals surface area contributed by atoms with Crippen molar-refractivity contribution in [3.63, 3.8) is 0 Å². The van der Waals surface area contributed by atoms with Crippen LogP contribution in [0.4, 0.5) is 5.69 Å². The first-order chi connectivity index (χ1) is 11.5. The lowest BCUT2D eigenvalue weighted by Crippen LogP contribution is -2.32.